The third-order valence-electron chi connectivity index (χ3n) is 5.86. The fourth-order valence-electron chi connectivity index (χ4n) is 4.50. The second-order valence-corrected chi connectivity index (χ2v) is 7.85. The normalized spacial score (nSPS) is 22.7. The van der Waals surface area contributed by atoms with Crippen LogP contribution in [0.4, 0.5) is 0 Å². The zero-order valence-corrected chi connectivity index (χ0v) is 16.1. The van der Waals surface area contributed by atoms with E-state index in [-0.39, 0.29) is 6.04 Å². The standard InChI is InChI=1S/C21H22ClN3O2/c1-26-19-4-2-3-16-18-13-17(14-5-7-15(22)8-6-14)24-25(18)21(27-20(16)19)9-11-23-12-10-21/h2-8,18,23H,9-13H2,1H3/p+1/t18-/m1/s1. The molecule has 2 N–H and O–H groups in total. The number of methoxy groups -OCH3 is 1. The number of piperidine rings is 1. The third-order valence-corrected chi connectivity index (χ3v) is 6.12. The number of nitrogens with zero attached hydrogens (tertiary/aromatic N) is 2. The lowest BCUT2D eigenvalue weighted by Crippen LogP contribution is -2.89. The predicted octanol–water partition coefficient (Wildman–Crippen LogP) is 2.95. The summed E-state index contributed by atoms with van der Waals surface area (Å²) in [6, 6.07) is 14.3. The van der Waals surface area contributed by atoms with E-state index in [1.54, 1.807) is 7.11 Å². The van der Waals surface area contributed by atoms with Crippen molar-refractivity contribution in [3.05, 3.63) is 58.6 Å². The molecule has 3 heterocycles. The van der Waals surface area contributed by atoms with Crippen molar-refractivity contribution in [2.75, 3.05) is 20.2 Å². The first-order chi connectivity index (χ1) is 13.2. The molecule has 0 aliphatic carbocycles. The summed E-state index contributed by atoms with van der Waals surface area (Å²) in [5, 5.41) is 10.4. The van der Waals surface area contributed by atoms with Crippen molar-refractivity contribution in [3.8, 4) is 11.5 Å². The van der Waals surface area contributed by atoms with Gasteiger partial charge in [0, 0.05) is 17.0 Å². The number of hydrazone groups is 1. The van der Waals surface area contributed by atoms with Crippen LogP contribution in [-0.2, 0) is 0 Å². The number of quaternary nitrogens is 1. The zero-order chi connectivity index (χ0) is 18.4. The monoisotopic (exact) mass is 384 g/mol. The summed E-state index contributed by atoms with van der Waals surface area (Å²) >= 11 is 6.07. The average Bonchev–Trinajstić information content (AvgIpc) is 3.16. The Morgan fingerprint density at radius 1 is 1.19 bits per heavy atom. The second kappa shape index (κ2) is 6.43. The van der Waals surface area contributed by atoms with E-state index in [0.717, 1.165) is 65.7 Å². The van der Waals surface area contributed by atoms with E-state index >= 15 is 0 Å². The summed E-state index contributed by atoms with van der Waals surface area (Å²) in [5.74, 6) is 1.69. The van der Waals surface area contributed by atoms with Gasteiger partial charge >= 0.3 is 0 Å². The van der Waals surface area contributed by atoms with Crippen LogP contribution >= 0.6 is 11.6 Å². The fraction of sp³-hybridized carbons (Fsp3) is 0.381. The number of halogens is 1. The predicted molar refractivity (Wildman–Crippen MR) is 104 cm³/mol. The highest BCUT2D eigenvalue weighted by molar-refractivity contribution is 6.30. The lowest BCUT2D eigenvalue weighted by molar-refractivity contribution is -0.670. The van der Waals surface area contributed by atoms with Crippen LogP contribution in [0.25, 0.3) is 0 Å². The quantitative estimate of drug-likeness (QED) is 0.866. The molecule has 0 amide bonds. The number of ether oxygens (including phenoxy) is 2. The van der Waals surface area contributed by atoms with E-state index in [4.69, 9.17) is 26.2 Å². The largest absolute Gasteiger partial charge is 0.493 e. The third kappa shape index (κ3) is 2.68. The minimum Gasteiger partial charge on any atom is -0.493 e. The Kier molecular flexibility index (Phi) is 4.02. The molecule has 0 unspecified atom stereocenters. The van der Waals surface area contributed by atoms with Gasteiger partial charge in [0.1, 0.15) is 0 Å². The van der Waals surface area contributed by atoms with Crippen molar-refractivity contribution in [2.24, 2.45) is 5.10 Å². The van der Waals surface area contributed by atoms with Gasteiger partial charge in [-0.1, -0.05) is 35.9 Å². The van der Waals surface area contributed by atoms with Gasteiger partial charge < -0.3 is 14.8 Å². The lowest BCUT2D eigenvalue weighted by Gasteiger charge is -2.48. The van der Waals surface area contributed by atoms with Crippen LogP contribution in [0.3, 0.4) is 0 Å². The van der Waals surface area contributed by atoms with Crippen LogP contribution < -0.4 is 14.8 Å². The molecule has 1 saturated heterocycles. The maximum absolute atomic E-state index is 6.65. The first-order valence-corrected chi connectivity index (χ1v) is 9.88. The van der Waals surface area contributed by atoms with E-state index in [9.17, 15) is 0 Å². The SMILES string of the molecule is COc1cccc2c1OC1(CC[NH2+]CC1)N1N=C(c3ccc(Cl)cc3)C[C@H]21. The molecule has 3 aliphatic rings. The van der Waals surface area contributed by atoms with Crippen LogP contribution in [0.15, 0.2) is 47.6 Å². The minimum atomic E-state index is -0.394. The van der Waals surface area contributed by atoms with Crippen molar-refractivity contribution >= 4 is 17.3 Å². The summed E-state index contributed by atoms with van der Waals surface area (Å²) in [6.45, 7) is 2.08. The van der Waals surface area contributed by atoms with E-state index in [2.05, 4.69) is 16.4 Å². The van der Waals surface area contributed by atoms with Crippen molar-refractivity contribution in [1.82, 2.24) is 5.01 Å². The van der Waals surface area contributed by atoms with Crippen molar-refractivity contribution in [2.45, 2.75) is 31.0 Å². The molecular formula is C21H23ClN3O2+. The van der Waals surface area contributed by atoms with Crippen molar-refractivity contribution in [3.63, 3.8) is 0 Å². The fourth-order valence-corrected chi connectivity index (χ4v) is 4.63. The molecular weight excluding hydrogens is 362 g/mol. The van der Waals surface area contributed by atoms with Crippen molar-refractivity contribution < 1.29 is 14.8 Å². The zero-order valence-electron chi connectivity index (χ0n) is 15.3. The second-order valence-electron chi connectivity index (χ2n) is 7.41. The number of nitrogens with two attached hydrogens (primary N) is 1. The molecule has 0 radical (unpaired) electrons. The summed E-state index contributed by atoms with van der Waals surface area (Å²) in [7, 11) is 1.71. The number of benzene rings is 2. The Labute approximate surface area is 163 Å². The molecule has 140 valence electrons. The molecule has 3 aliphatic heterocycles. The molecule has 0 aromatic heterocycles. The molecule has 1 spiro atoms. The molecule has 0 saturated carbocycles. The Balaban J connectivity index is 1.61. The van der Waals surface area contributed by atoms with Gasteiger partial charge in [0.2, 0.25) is 5.72 Å². The van der Waals surface area contributed by atoms with Gasteiger partial charge in [-0.05, 0) is 23.8 Å². The number of hydrogen-bond donors (Lipinski definition) is 1. The molecule has 5 rings (SSSR count). The van der Waals surface area contributed by atoms with Crippen LogP contribution in [0.2, 0.25) is 5.02 Å². The highest BCUT2D eigenvalue weighted by Crippen LogP contribution is 2.52. The smallest absolute Gasteiger partial charge is 0.209 e. The van der Waals surface area contributed by atoms with Crippen LogP contribution in [-0.4, -0.2) is 36.6 Å². The van der Waals surface area contributed by atoms with Gasteiger partial charge in [-0.2, -0.15) is 5.10 Å². The number of hydrogen-bond acceptors (Lipinski definition) is 4. The molecule has 27 heavy (non-hydrogen) atoms. The highest BCUT2D eigenvalue weighted by Gasteiger charge is 2.52. The van der Waals surface area contributed by atoms with Gasteiger partial charge in [-0.3, -0.25) is 0 Å². The average molecular weight is 385 g/mol. The Bertz CT molecular complexity index is 891. The Morgan fingerprint density at radius 3 is 2.70 bits per heavy atom. The topological polar surface area (TPSA) is 50.7 Å². The molecule has 1 fully saturated rings. The molecule has 2 aromatic carbocycles. The Hall–Kier alpha value is -2.24. The van der Waals surface area contributed by atoms with Gasteiger partial charge in [0.25, 0.3) is 0 Å². The maximum atomic E-state index is 6.65. The summed E-state index contributed by atoms with van der Waals surface area (Å²) in [5.41, 5.74) is 2.97. The number of rotatable bonds is 2. The van der Waals surface area contributed by atoms with E-state index < -0.39 is 5.72 Å². The first-order valence-electron chi connectivity index (χ1n) is 9.50. The summed E-state index contributed by atoms with van der Waals surface area (Å²) in [6.07, 6.45) is 2.74. The van der Waals surface area contributed by atoms with E-state index in [1.165, 1.54) is 0 Å². The molecule has 0 bridgehead atoms. The molecule has 2 aromatic rings. The molecule has 1 atom stereocenters. The highest BCUT2D eigenvalue weighted by atomic mass is 35.5. The van der Waals surface area contributed by atoms with Gasteiger partial charge in [-0.15, -0.1) is 0 Å². The van der Waals surface area contributed by atoms with Crippen LogP contribution in [0, 0.1) is 0 Å². The van der Waals surface area contributed by atoms with Gasteiger partial charge in [0.05, 0.1) is 44.8 Å². The van der Waals surface area contributed by atoms with Gasteiger partial charge in [0.15, 0.2) is 11.5 Å². The molecule has 6 heteroatoms. The number of fused-ring (bicyclic) bond motifs is 4. The van der Waals surface area contributed by atoms with Crippen LogP contribution in [0.5, 0.6) is 11.5 Å². The van der Waals surface area contributed by atoms with E-state index in [1.807, 2.05) is 36.4 Å². The summed E-state index contributed by atoms with van der Waals surface area (Å²) in [4.78, 5) is 0. The first kappa shape index (κ1) is 16.9. The van der Waals surface area contributed by atoms with E-state index in [0.29, 0.717) is 0 Å². The summed E-state index contributed by atoms with van der Waals surface area (Å²) < 4.78 is 12.3. The van der Waals surface area contributed by atoms with Crippen LogP contribution in [0.1, 0.15) is 36.4 Å². The van der Waals surface area contributed by atoms with Gasteiger partial charge in [-0.25, -0.2) is 5.01 Å². The van der Waals surface area contributed by atoms with Crippen molar-refractivity contribution in [1.29, 1.82) is 0 Å². The lowest BCUT2D eigenvalue weighted by atomic mass is 9.91. The maximum Gasteiger partial charge on any atom is 0.209 e. The number of para-hydroxylation sites is 1. The molecule has 5 nitrogen and oxygen atoms in total. The minimum absolute atomic E-state index is 0.174. The Morgan fingerprint density at radius 2 is 1.96 bits per heavy atom.